The van der Waals surface area contributed by atoms with Crippen molar-refractivity contribution in [1.82, 2.24) is 4.90 Å². The van der Waals surface area contributed by atoms with Gasteiger partial charge in [0.1, 0.15) is 0 Å². The maximum atomic E-state index is 6.24. The van der Waals surface area contributed by atoms with Gasteiger partial charge in [0.15, 0.2) is 0 Å². The van der Waals surface area contributed by atoms with Gasteiger partial charge >= 0.3 is 0 Å². The van der Waals surface area contributed by atoms with Crippen molar-refractivity contribution in [1.29, 1.82) is 0 Å². The van der Waals surface area contributed by atoms with Crippen molar-refractivity contribution in [2.45, 2.75) is 25.8 Å². The minimum Gasteiger partial charge on any atom is -0.292 e. The lowest BCUT2D eigenvalue weighted by Crippen LogP contribution is -2.36. The van der Waals surface area contributed by atoms with E-state index in [1.54, 1.807) is 6.07 Å². The Morgan fingerprint density at radius 1 is 0.909 bits per heavy atom. The normalized spacial score (nSPS) is 18.3. The van der Waals surface area contributed by atoms with Crippen LogP contribution in [0.15, 0.2) is 48.5 Å². The Kier molecular flexibility index (Phi) is 5.07. The van der Waals surface area contributed by atoms with Crippen molar-refractivity contribution in [3.63, 3.8) is 0 Å². The van der Waals surface area contributed by atoms with Gasteiger partial charge in [-0.1, -0.05) is 60.5 Å². The van der Waals surface area contributed by atoms with E-state index in [1.807, 2.05) is 12.1 Å². The highest BCUT2D eigenvalue weighted by molar-refractivity contribution is 6.34. The van der Waals surface area contributed by atoms with Crippen LogP contribution >= 0.6 is 23.2 Å². The summed E-state index contributed by atoms with van der Waals surface area (Å²) in [7, 11) is 0. The average molecular weight is 334 g/mol. The van der Waals surface area contributed by atoms with E-state index >= 15 is 0 Å². The Balaban J connectivity index is 1.99. The molecule has 3 rings (SSSR count). The van der Waals surface area contributed by atoms with Crippen LogP contribution in [-0.4, -0.2) is 18.0 Å². The first-order valence-electron chi connectivity index (χ1n) is 7.88. The maximum Gasteiger partial charge on any atom is 0.0602 e. The molecule has 116 valence electrons. The molecule has 1 aliphatic rings. The molecule has 1 saturated heterocycles. The number of nitrogens with zero attached hydrogens (tertiary/aromatic N) is 1. The van der Waals surface area contributed by atoms with Gasteiger partial charge in [0.05, 0.1) is 6.04 Å². The van der Waals surface area contributed by atoms with Crippen LogP contribution in [0.4, 0.5) is 0 Å². The highest BCUT2D eigenvalue weighted by Crippen LogP contribution is 2.34. The molecule has 0 amide bonds. The van der Waals surface area contributed by atoms with Gasteiger partial charge in [-0.2, -0.15) is 0 Å². The molecule has 0 saturated carbocycles. The number of halogens is 2. The molecule has 0 bridgehead atoms. The topological polar surface area (TPSA) is 3.24 Å². The highest BCUT2D eigenvalue weighted by atomic mass is 35.5. The fourth-order valence-corrected chi connectivity index (χ4v) is 3.81. The average Bonchev–Trinajstić information content (AvgIpc) is 2.50. The van der Waals surface area contributed by atoms with Crippen LogP contribution in [0.5, 0.6) is 0 Å². The summed E-state index contributed by atoms with van der Waals surface area (Å²) in [6.07, 6.45) is 2.50. The zero-order valence-corrected chi connectivity index (χ0v) is 14.3. The van der Waals surface area contributed by atoms with Crippen molar-refractivity contribution in [2.75, 3.05) is 13.1 Å². The van der Waals surface area contributed by atoms with Crippen LogP contribution in [0.3, 0.4) is 0 Å². The first-order valence-corrected chi connectivity index (χ1v) is 8.64. The van der Waals surface area contributed by atoms with Gasteiger partial charge in [0.2, 0.25) is 0 Å². The zero-order valence-electron chi connectivity index (χ0n) is 12.8. The summed E-state index contributed by atoms with van der Waals surface area (Å²) in [5.74, 6) is 0.815. The number of hydrogen-bond acceptors (Lipinski definition) is 1. The van der Waals surface area contributed by atoms with Crippen molar-refractivity contribution in [2.24, 2.45) is 5.92 Å². The summed E-state index contributed by atoms with van der Waals surface area (Å²) in [6.45, 7) is 4.57. The summed E-state index contributed by atoms with van der Waals surface area (Å²) < 4.78 is 0. The lowest BCUT2D eigenvalue weighted by atomic mass is 9.92. The van der Waals surface area contributed by atoms with E-state index in [0.29, 0.717) is 10.0 Å². The smallest absolute Gasteiger partial charge is 0.0602 e. The van der Waals surface area contributed by atoms with Gasteiger partial charge in [-0.05, 0) is 61.2 Å². The van der Waals surface area contributed by atoms with E-state index in [0.717, 1.165) is 19.0 Å². The third kappa shape index (κ3) is 3.65. The largest absolute Gasteiger partial charge is 0.292 e. The summed E-state index contributed by atoms with van der Waals surface area (Å²) in [5.41, 5.74) is 2.48. The van der Waals surface area contributed by atoms with Gasteiger partial charge in [0, 0.05) is 10.0 Å². The van der Waals surface area contributed by atoms with Crippen LogP contribution in [0.25, 0.3) is 0 Å². The van der Waals surface area contributed by atoms with Crippen LogP contribution in [0, 0.1) is 5.92 Å². The maximum absolute atomic E-state index is 6.24. The van der Waals surface area contributed by atoms with Gasteiger partial charge in [-0.25, -0.2) is 0 Å². The molecular formula is C19H21Cl2N. The van der Waals surface area contributed by atoms with Crippen molar-refractivity contribution >= 4 is 23.2 Å². The fraction of sp³-hybridized carbons (Fsp3) is 0.368. The predicted octanol–water partition coefficient (Wildman–Crippen LogP) is 5.81. The van der Waals surface area contributed by atoms with Crippen LogP contribution in [0.1, 0.15) is 36.9 Å². The second-order valence-electron chi connectivity index (χ2n) is 6.23. The number of piperidine rings is 1. The summed E-state index contributed by atoms with van der Waals surface area (Å²) in [5, 5.41) is 1.41. The second kappa shape index (κ2) is 7.04. The first kappa shape index (κ1) is 15.9. The molecule has 1 fully saturated rings. The number of hydrogen-bond donors (Lipinski definition) is 0. The number of likely N-dealkylation sites (tertiary alicyclic amines) is 1. The Labute approximate surface area is 142 Å². The molecule has 0 N–H and O–H groups in total. The van der Waals surface area contributed by atoms with Crippen LogP contribution < -0.4 is 0 Å². The molecule has 0 radical (unpaired) electrons. The highest BCUT2D eigenvalue weighted by Gasteiger charge is 2.26. The Hall–Kier alpha value is -1.02. The Bertz CT molecular complexity index is 598. The molecule has 2 aromatic carbocycles. The van der Waals surface area contributed by atoms with Crippen molar-refractivity contribution in [3.8, 4) is 0 Å². The van der Waals surface area contributed by atoms with Crippen LogP contribution in [0.2, 0.25) is 10.0 Å². The molecule has 0 spiro atoms. The van der Waals surface area contributed by atoms with E-state index < -0.39 is 0 Å². The quantitative estimate of drug-likeness (QED) is 0.684. The molecule has 0 aromatic heterocycles. The van der Waals surface area contributed by atoms with E-state index in [1.165, 1.54) is 24.0 Å². The Morgan fingerprint density at radius 2 is 1.50 bits per heavy atom. The zero-order chi connectivity index (χ0) is 15.5. The lowest BCUT2D eigenvalue weighted by molar-refractivity contribution is 0.157. The third-order valence-corrected chi connectivity index (χ3v) is 4.94. The third-order valence-electron chi connectivity index (χ3n) is 4.50. The van der Waals surface area contributed by atoms with E-state index in [-0.39, 0.29) is 6.04 Å². The molecule has 1 heterocycles. The predicted molar refractivity (Wildman–Crippen MR) is 94.7 cm³/mol. The molecule has 1 atom stereocenters. The van der Waals surface area contributed by atoms with Gasteiger partial charge in [0.25, 0.3) is 0 Å². The lowest BCUT2D eigenvalue weighted by Gasteiger charge is -2.37. The van der Waals surface area contributed by atoms with Crippen molar-refractivity contribution in [3.05, 3.63) is 69.7 Å². The second-order valence-corrected chi connectivity index (χ2v) is 7.11. The van der Waals surface area contributed by atoms with Gasteiger partial charge in [-0.15, -0.1) is 0 Å². The first-order chi connectivity index (χ1) is 10.6. The van der Waals surface area contributed by atoms with E-state index in [4.69, 9.17) is 23.2 Å². The fourth-order valence-electron chi connectivity index (χ4n) is 3.27. The van der Waals surface area contributed by atoms with Gasteiger partial charge < -0.3 is 0 Å². The monoisotopic (exact) mass is 333 g/mol. The van der Waals surface area contributed by atoms with Crippen LogP contribution in [-0.2, 0) is 0 Å². The molecule has 1 aliphatic heterocycles. The molecule has 0 aliphatic carbocycles. The SMILES string of the molecule is CC1CCN(C(c2ccccc2)c2cc(Cl)cc(Cl)c2)CC1. The number of rotatable bonds is 3. The number of benzene rings is 2. The summed E-state index contributed by atoms with van der Waals surface area (Å²) >= 11 is 12.5. The van der Waals surface area contributed by atoms with E-state index in [2.05, 4.69) is 42.2 Å². The summed E-state index contributed by atoms with van der Waals surface area (Å²) in [4.78, 5) is 2.55. The van der Waals surface area contributed by atoms with E-state index in [9.17, 15) is 0 Å². The molecule has 3 heteroatoms. The molecule has 22 heavy (non-hydrogen) atoms. The minimum atomic E-state index is 0.227. The van der Waals surface area contributed by atoms with Gasteiger partial charge in [-0.3, -0.25) is 4.90 Å². The minimum absolute atomic E-state index is 0.227. The van der Waals surface area contributed by atoms with Crippen molar-refractivity contribution < 1.29 is 0 Å². The molecule has 1 unspecified atom stereocenters. The molecular weight excluding hydrogens is 313 g/mol. The summed E-state index contributed by atoms with van der Waals surface area (Å²) in [6, 6.07) is 16.8. The Morgan fingerprint density at radius 3 is 2.09 bits per heavy atom. The molecule has 1 nitrogen and oxygen atoms in total. The molecule has 2 aromatic rings. The standard InChI is InChI=1S/C19H21Cl2N/c1-14-7-9-22(10-8-14)19(15-5-3-2-4-6-15)16-11-17(20)13-18(21)12-16/h2-6,11-14,19H,7-10H2,1H3.